The maximum absolute atomic E-state index is 12.4. The summed E-state index contributed by atoms with van der Waals surface area (Å²) >= 11 is 0.960. The van der Waals surface area contributed by atoms with Crippen molar-refractivity contribution in [3.63, 3.8) is 0 Å². The van der Waals surface area contributed by atoms with Gasteiger partial charge in [-0.25, -0.2) is 9.78 Å². The fourth-order valence-electron chi connectivity index (χ4n) is 1.44. The highest BCUT2D eigenvalue weighted by Crippen LogP contribution is 2.30. The Hall–Kier alpha value is -1.77. The van der Waals surface area contributed by atoms with Crippen molar-refractivity contribution in [2.24, 2.45) is 0 Å². The van der Waals surface area contributed by atoms with Crippen molar-refractivity contribution in [2.75, 3.05) is 0 Å². The lowest BCUT2D eigenvalue weighted by Crippen LogP contribution is -2.49. The molecular formula is C14H18F3N3O2S. The third-order valence-corrected chi connectivity index (χ3v) is 3.51. The Bertz CT molecular complexity index is 568. The number of urea groups is 1. The van der Waals surface area contributed by atoms with Gasteiger partial charge in [0.05, 0.1) is 15.8 Å². The topological polar surface area (TPSA) is 71.1 Å². The van der Waals surface area contributed by atoms with Crippen molar-refractivity contribution < 1.29 is 22.8 Å². The summed E-state index contributed by atoms with van der Waals surface area (Å²) in [6, 6.07) is 1.45. The molecular weight excluding hydrogens is 331 g/mol. The van der Waals surface area contributed by atoms with Crippen molar-refractivity contribution >= 4 is 23.7 Å². The quantitative estimate of drug-likeness (QED) is 0.822. The summed E-state index contributed by atoms with van der Waals surface area (Å²) in [7, 11) is 0. The highest BCUT2D eigenvalue weighted by atomic mass is 32.2. The number of carbonyl (C=O) groups excluding carboxylic acids is 2. The third kappa shape index (κ3) is 6.89. The van der Waals surface area contributed by atoms with Gasteiger partial charge < -0.3 is 5.32 Å². The minimum absolute atomic E-state index is 0.261. The van der Waals surface area contributed by atoms with E-state index in [9.17, 15) is 22.8 Å². The number of alkyl halides is 3. The van der Waals surface area contributed by atoms with E-state index in [0.29, 0.717) is 6.20 Å². The number of thioether (sulfide) groups is 1. The average Bonchev–Trinajstić information content (AvgIpc) is 2.35. The molecule has 23 heavy (non-hydrogen) atoms. The van der Waals surface area contributed by atoms with Gasteiger partial charge in [0.2, 0.25) is 5.91 Å². The zero-order chi connectivity index (χ0) is 17.8. The molecule has 0 aliphatic rings. The summed E-state index contributed by atoms with van der Waals surface area (Å²) in [5.41, 5.74) is -1.35. The first kappa shape index (κ1) is 19.3. The van der Waals surface area contributed by atoms with E-state index in [4.69, 9.17) is 0 Å². The summed E-state index contributed by atoms with van der Waals surface area (Å²) in [6.45, 7) is 6.83. The lowest BCUT2D eigenvalue weighted by atomic mass is 10.1. The SMILES string of the molecule is CC(Sc1ccc(C(F)(F)F)cn1)C(=O)NC(=O)NC(C)(C)C. The first-order valence-corrected chi connectivity index (χ1v) is 7.59. The number of rotatable bonds is 3. The molecule has 0 saturated carbocycles. The van der Waals surface area contributed by atoms with Crippen LogP contribution in [0.5, 0.6) is 0 Å². The minimum atomic E-state index is -4.45. The highest BCUT2D eigenvalue weighted by molar-refractivity contribution is 8.00. The second-order valence-corrected chi connectivity index (χ2v) is 7.20. The van der Waals surface area contributed by atoms with Crippen LogP contribution in [0.25, 0.3) is 0 Å². The molecule has 0 spiro atoms. The molecule has 128 valence electrons. The van der Waals surface area contributed by atoms with Gasteiger partial charge in [-0.1, -0.05) is 11.8 Å². The molecule has 0 fully saturated rings. The first-order chi connectivity index (χ1) is 10.4. The predicted octanol–water partition coefficient (Wildman–Crippen LogP) is 3.21. The average molecular weight is 349 g/mol. The van der Waals surface area contributed by atoms with Gasteiger partial charge in [0.1, 0.15) is 0 Å². The Labute approximate surface area is 136 Å². The van der Waals surface area contributed by atoms with E-state index in [1.54, 1.807) is 20.8 Å². The van der Waals surface area contributed by atoms with Gasteiger partial charge in [-0.2, -0.15) is 13.2 Å². The van der Waals surface area contributed by atoms with Crippen LogP contribution in [0.15, 0.2) is 23.4 Å². The Morgan fingerprint density at radius 2 is 1.83 bits per heavy atom. The minimum Gasteiger partial charge on any atom is -0.333 e. The van der Waals surface area contributed by atoms with Crippen molar-refractivity contribution in [3.8, 4) is 0 Å². The van der Waals surface area contributed by atoms with Gasteiger partial charge in [-0.15, -0.1) is 0 Å². The van der Waals surface area contributed by atoms with Crippen LogP contribution in [0.3, 0.4) is 0 Å². The smallest absolute Gasteiger partial charge is 0.333 e. The molecule has 1 unspecified atom stereocenters. The van der Waals surface area contributed by atoms with Crippen molar-refractivity contribution in [1.82, 2.24) is 15.6 Å². The highest BCUT2D eigenvalue weighted by Gasteiger charge is 2.30. The van der Waals surface area contributed by atoms with Crippen LogP contribution >= 0.6 is 11.8 Å². The number of amides is 3. The number of nitrogens with zero attached hydrogens (tertiary/aromatic N) is 1. The Morgan fingerprint density at radius 1 is 1.22 bits per heavy atom. The molecule has 0 bridgehead atoms. The number of nitrogens with one attached hydrogen (secondary N) is 2. The van der Waals surface area contributed by atoms with E-state index in [-0.39, 0.29) is 5.03 Å². The van der Waals surface area contributed by atoms with Gasteiger partial charge in [0.25, 0.3) is 0 Å². The number of aromatic nitrogens is 1. The summed E-state index contributed by atoms with van der Waals surface area (Å²) in [4.78, 5) is 27.1. The summed E-state index contributed by atoms with van der Waals surface area (Å²) < 4.78 is 37.3. The standard InChI is InChI=1S/C14H18F3N3O2S/c1-8(11(21)19-12(22)20-13(2,3)4)23-10-6-5-9(7-18-10)14(15,16)17/h5-8H,1-4H3,(H2,19,20,21,22). The maximum atomic E-state index is 12.4. The fourth-order valence-corrected chi connectivity index (χ4v) is 2.23. The van der Waals surface area contributed by atoms with Crippen LogP contribution in [0.1, 0.15) is 33.3 Å². The molecule has 2 N–H and O–H groups in total. The Kier molecular flexibility index (Phi) is 6.04. The van der Waals surface area contributed by atoms with Crippen LogP contribution in [0, 0.1) is 0 Å². The molecule has 1 heterocycles. The molecule has 0 radical (unpaired) electrons. The first-order valence-electron chi connectivity index (χ1n) is 6.71. The van der Waals surface area contributed by atoms with Crippen LogP contribution in [0.2, 0.25) is 0 Å². The lowest BCUT2D eigenvalue weighted by molar-refractivity contribution is -0.137. The molecule has 1 aromatic heterocycles. The van der Waals surface area contributed by atoms with Crippen molar-refractivity contribution in [1.29, 1.82) is 0 Å². The van der Waals surface area contributed by atoms with Crippen LogP contribution in [-0.2, 0) is 11.0 Å². The Morgan fingerprint density at radius 3 is 2.26 bits per heavy atom. The van der Waals surface area contributed by atoms with Crippen LogP contribution in [-0.4, -0.2) is 27.7 Å². The number of hydrogen-bond acceptors (Lipinski definition) is 4. The number of pyridine rings is 1. The van der Waals surface area contributed by atoms with E-state index in [1.807, 2.05) is 0 Å². The van der Waals surface area contributed by atoms with Crippen molar-refractivity contribution in [2.45, 2.75) is 49.7 Å². The third-order valence-electron chi connectivity index (χ3n) is 2.46. The van der Waals surface area contributed by atoms with Gasteiger partial charge >= 0.3 is 12.2 Å². The van der Waals surface area contributed by atoms with Crippen molar-refractivity contribution in [3.05, 3.63) is 23.9 Å². The van der Waals surface area contributed by atoms with E-state index in [1.165, 1.54) is 13.0 Å². The number of imide groups is 1. The van der Waals surface area contributed by atoms with E-state index in [0.717, 1.165) is 17.8 Å². The number of halogens is 3. The zero-order valence-electron chi connectivity index (χ0n) is 13.1. The van der Waals surface area contributed by atoms with Crippen LogP contribution in [0.4, 0.5) is 18.0 Å². The Balaban J connectivity index is 2.60. The second-order valence-electron chi connectivity index (χ2n) is 5.84. The molecule has 1 rings (SSSR count). The molecule has 0 aliphatic heterocycles. The molecule has 3 amide bonds. The summed E-state index contributed by atoms with van der Waals surface area (Å²) in [6.07, 6.45) is -3.75. The van der Waals surface area contributed by atoms with Gasteiger partial charge in [0, 0.05) is 11.7 Å². The molecule has 0 aromatic carbocycles. The largest absolute Gasteiger partial charge is 0.417 e. The molecule has 5 nitrogen and oxygen atoms in total. The summed E-state index contributed by atoms with van der Waals surface area (Å²) in [5, 5.41) is 4.32. The molecule has 9 heteroatoms. The number of carbonyl (C=O) groups is 2. The maximum Gasteiger partial charge on any atom is 0.417 e. The zero-order valence-corrected chi connectivity index (χ0v) is 13.9. The van der Waals surface area contributed by atoms with Crippen LogP contribution < -0.4 is 10.6 Å². The predicted molar refractivity (Wildman–Crippen MR) is 81.0 cm³/mol. The number of hydrogen-bond donors (Lipinski definition) is 2. The van der Waals surface area contributed by atoms with E-state index in [2.05, 4.69) is 15.6 Å². The fraction of sp³-hybridized carbons (Fsp3) is 0.500. The van der Waals surface area contributed by atoms with E-state index < -0.39 is 34.5 Å². The van der Waals surface area contributed by atoms with Gasteiger partial charge in [-0.05, 0) is 39.8 Å². The second kappa shape index (κ2) is 7.20. The molecule has 1 aromatic rings. The van der Waals surface area contributed by atoms with Gasteiger partial charge in [-0.3, -0.25) is 10.1 Å². The normalized spacial score (nSPS) is 13.3. The lowest BCUT2D eigenvalue weighted by Gasteiger charge is -2.21. The van der Waals surface area contributed by atoms with Gasteiger partial charge in [0.15, 0.2) is 0 Å². The summed E-state index contributed by atoms with van der Waals surface area (Å²) in [5.74, 6) is -0.557. The molecule has 1 atom stereocenters. The monoisotopic (exact) mass is 349 g/mol. The molecule has 0 aliphatic carbocycles. The van der Waals surface area contributed by atoms with E-state index >= 15 is 0 Å². The molecule has 0 saturated heterocycles.